The van der Waals surface area contributed by atoms with Crippen LogP contribution in [0.3, 0.4) is 0 Å². The van der Waals surface area contributed by atoms with Crippen molar-refractivity contribution < 1.29 is 0 Å². The van der Waals surface area contributed by atoms with Crippen molar-refractivity contribution in [2.75, 3.05) is 0 Å². The standard InChI is InChI=1S/C11H11BrN2S/c12-10-4-2-1-3-8(10)5-11-14-7-9(6-13)15-11/h1-4,7H,5-6,13H2. The van der Waals surface area contributed by atoms with Gasteiger partial charge in [0.1, 0.15) is 0 Å². The van der Waals surface area contributed by atoms with Gasteiger partial charge >= 0.3 is 0 Å². The van der Waals surface area contributed by atoms with Gasteiger partial charge in [-0.3, -0.25) is 0 Å². The third-order valence-corrected chi connectivity index (χ3v) is 3.90. The van der Waals surface area contributed by atoms with Gasteiger partial charge in [0.15, 0.2) is 0 Å². The zero-order valence-corrected chi connectivity index (χ0v) is 10.5. The van der Waals surface area contributed by atoms with E-state index in [1.165, 1.54) is 5.56 Å². The molecule has 2 rings (SSSR count). The number of nitrogens with zero attached hydrogens (tertiary/aromatic N) is 1. The maximum absolute atomic E-state index is 5.55. The maximum Gasteiger partial charge on any atom is 0.0972 e. The molecule has 1 aromatic heterocycles. The fourth-order valence-corrected chi connectivity index (χ4v) is 2.58. The quantitative estimate of drug-likeness (QED) is 0.940. The summed E-state index contributed by atoms with van der Waals surface area (Å²) >= 11 is 5.21. The van der Waals surface area contributed by atoms with Crippen molar-refractivity contribution in [1.82, 2.24) is 4.98 Å². The zero-order chi connectivity index (χ0) is 10.7. The molecule has 0 aliphatic carbocycles. The van der Waals surface area contributed by atoms with Gasteiger partial charge in [-0.05, 0) is 11.6 Å². The highest BCUT2D eigenvalue weighted by Gasteiger charge is 2.04. The van der Waals surface area contributed by atoms with Gasteiger partial charge in [-0.25, -0.2) is 4.98 Å². The number of hydrogen-bond donors (Lipinski definition) is 1. The molecule has 0 bridgehead atoms. The van der Waals surface area contributed by atoms with E-state index >= 15 is 0 Å². The molecule has 0 spiro atoms. The first-order valence-electron chi connectivity index (χ1n) is 4.66. The molecule has 1 heterocycles. The molecule has 0 unspecified atom stereocenters. The van der Waals surface area contributed by atoms with E-state index in [4.69, 9.17) is 5.73 Å². The van der Waals surface area contributed by atoms with Gasteiger partial charge in [0.25, 0.3) is 0 Å². The SMILES string of the molecule is NCc1cnc(Cc2ccccc2Br)s1. The molecular formula is C11H11BrN2S. The Bertz CT molecular complexity index is 453. The lowest BCUT2D eigenvalue weighted by Gasteiger charge is -2.00. The maximum atomic E-state index is 5.55. The summed E-state index contributed by atoms with van der Waals surface area (Å²) in [7, 11) is 0. The molecule has 0 amide bonds. The van der Waals surface area contributed by atoms with Crippen LogP contribution < -0.4 is 5.73 Å². The van der Waals surface area contributed by atoms with Crippen molar-refractivity contribution in [3.63, 3.8) is 0 Å². The second-order valence-corrected chi connectivity index (χ2v) is 5.25. The number of thiazole rings is 1. The molecule has 4 heteroatoms. The van der Waals surface area contributed by atoms with Gasteiger partial charge in [-0.15, -0.1) is 11.3 Å². The minimum Gasteiger partial charge on any atom is -0.326 e. The van der Waals surface area contributed by atoms with E-state index in [9.17, 15) is 0 Å². The molecule has 0 aliphatic heterocycles. The van der Waals surface area contributed by atoms with E-state index in [0.29, 0.717) is 6.54 Å². The van der Waals surface area contributed by atoms with Gasteiger partial charge in [-0.2, -0.15) is 0 Å². The summed E-state index contributed by atoms with van der Waals surface area (Å²) in [5.74, 6) is 0. The Balaban J connectivity index is 2.18. The molecule has 0 saturated carbocycles. The van der Waals surface area contributed by atoms with Crippen LogP contribution in [0.1, 0.15) is 15.4 Å². The van der Waals surface area contributed by atoms with Crippen LogP contribution in [0.2, 0.25) is 0 Å². The lowest BCUT2D eigenvalue weighted by atomic mass is 10.2. The monoisotopic (exact) mass is 282 g/mol. The third-order valence-electron chi connectivity index (χ3n) is 2.10. The molecule has 0 fully saturated rings. The number of nitrogens with two attached hydrogens (primary N) is 1. The van der Waals surface area contributed by atoms with Crippen LogP contribution in [-0.4, -0.2) is 4.98 Å². The van der Waals surface area contributed by atoms with Gasteiger partial charge in [0.2, 0.25) is 0 Å². The number of halogens is 1. The van der Waals surface area contributed by atoms with Crippen LogP contribution in [0, 0.1) is 0 Å². The molecule has 78 valence electrons. The second-order valence-electron chi connectivity index (χ2n) is 3.19. The van der Waals surface area contributed by atoms with Gasteiger partial charge in [0.05, 0.1) is 5.01 Å². The lowest BCUT2D eigenvalue weighted by Crippen LogP contribution is -1.91. The highest BCUT2D eigenvalue weighted by atomic mass is 79.9. The van der Waals surface area contributed by atoms with E-state index in [1.54, 1.807) is 11.3 Å². The van der Waals surface area contributed by atoms with E-state index in [2.05, 4.69) is 27.0 Å². The van der Waals surface area contributed by atoms with E-state index in [1.807, 2.05) is 24.4 Å². The van der Waals surface area contributed by atoms with Crippen molar-refractivity contribution in [2.24, 2.45) is 5.73 Å². The first kappa shape index (κ1) is 10.8. The average molecular weight is 283 g/mol. The average Bonchev–Trinajstić information content (AvgIpc) is 2.69. The minimum absolute atomic E-state index is 0.577. The predicted octanol–water partition coefficient (Wildman–Crippen LogP) is 2.96. The zero-order valence-electron chi connectivity index (χ0n) is 8.11. The van der Waals surface area contributed by atoms with Gasteiger partial charge in [0, 0.05) is 28.5 Å². The van der Waals surface area contributed by atoms with E-state index in [0.717, 1.165) is 20.8 Å². The van der Waals surface area contributed by atoms with E-state index < -0.39 is 0 Å². The van der Waals surface area contributed by atoms with Crippen molar-refractivity contribution in [1.29, 1.82) is 0 Å². The van der Waals surface area contributed by atoms with Crippen LogP contribution in [0.25, 0.3) is 0 Å². The topological polar surface area (TPSA) is 38.9 Å². The van der Waals surface area contributed by atoms with Crippen molar-refractivity contribution in [3.05, 3.63) is 50.4 Å². The van der Waals surface area contributed by atoms with Crippen LogP contribution in [0.5, 0.6) is 0 Å². The fourth-order valence-electron chi connectivity index (χ4n) is 1.33. The lowest BCUT2D eigenvalue weighted by molar-refractivity contribution is 1.08. The number of hydrogen-bond acceptors (Lipinski definition) is 3. The van der Waals surface area contributed by atoms with Crippen LogP contribution in [0.15, 0.2) is 34.9 Å². The normalized spacial score (nSPS) is 10.5. The van der Waals surface area contributed by atoms with Gasteiger partial charge < -0.3 is 5.73 Å². The highest BCUT2D eigenvalue weighted by Crippen LogP contribution is 2.21. The van der Waals surface area contributed by atoms with Crippen molar-refractivity contribution in [3.8, 4) is 0 Å². The Morgan fingerprint density at radius 1 is 1.33 bits per heavy atom. The van der Waals surface area contributed by atoms with Crippen LogP contribution >= 0.6 is 27.3 Å². The Morgan fingerprint density at radius 2 is 2.13 bits per heavy atom. The smallest absolute Gasteiger partial charge is 0.0972 e. The predicted molar refractivity (Wildman–Crippen MR) is 67.0 cm³/mol. The molecule has 2 N–H and O–H groups in total. The minimum atomic E-state index is 0.577. The van der Waals surface area contributed by atoms with Crippen molar-refractivity contribution >= 4 is 27.3 Å². The van der Waals surface area contributed by atoms with Crippen LogP contribution in [-0.2, 0) is 13.0 Å². The molecule has 0 aliphatic rings. The molecule has 2 aromatic rings. The highest BCUT2D eigenvalue weighted by molar-refractivity contribution is 9.10. The summed E-state index contributed by atoms with van der Waals surface area (Å²) < 4.78 is 1.13. The van der Waals surface area contributed by atoms with Crippen LogP contribution in [0.4, 0.5) is 0 Å². The number of benzene rings is 1. The fraction of sp³-hybridized carbons (Fsp3) is 0.182. The molecule has 1 aromatic carbocycles. The summed E-state index contributed by atoms with van der Waals surface area (Å²) in [6, 6.07) is 8.21. The molecule has 2 nitrogen and oxygen atoms in total. The first-order chi connectivity index (χ1) is 7.29. The van der Waals surface area contributed by atoms with Gasteiger partial charge in [-0.1, -0.05) is 34.1 Å². The summed E-state index contributed by atoms with van der Waals surface area (Å²) in [5, 5.41) is 1.11. The third kappa shape index (κ3) is 2.65. The van der Waals surface area contributed by atoms with E-state index in [-0.39, 0.29) is 0 Å². The molecule has 0 saturated heterocycles. The molecular weight excluding hydrogens is 272 g/mol. The molecule has 15 heavy (non-hydrogen) atoms. The second kappa shape index (κ2) is 4.88. The Kier molecular flexibility index (Phi) is 3.51. The summed E-state index contributed by atoms with van der Waals surface area (Å²) in [6.07, 6.45) is 2.73. The molecule has 0 radical (unpaired) electrons. The Labute approximate surface area is 101 Å². The summed E-state index contributed by atoms with van der Waals surface area (Å²) in [4.78, 5) is 5.48. The molecule has 0 atom stereocenters. The first-order valence-corrected chi connectivity index (χ1v) is 6.27. The number of rotatable bonds is 3. The largest absolute Gasteiger partial charge is 0.326 e. The number of aromatic nitrogens is 1. The Morgan fingerprint density at radius 3 is 2.80 bits per heavy atom. The Hall–Kier alpha value is -0.710. The van der Waals surface area contributed by atoms with Crippen molar-refractivity contribution in [2.45, 2.75) is 13.0 Å². The summed E-state index contributed by atoms with van der Waals surface area (Å²) in [5.41, 5.74) is 6.81. The summed E-state index contributed by atoms with van der Waals surface area (Å²) in [6.45, 7) is 0.577.